The summed E-state index contributed by atoms with van der Waals surface area (Å²) < 4.78 is 27.6. The second kappa shape index (κ2) is 6.66. The summed E-state index contributed by atoms with van der Waals surface area (Å²) >= 11 is 0. The minimum atomic E-state index is -0.429. The van der Waals surface area contributed by atoms with Gasteiger partial charge in [0.1, 0.15) is 11.6 Å². The maximum atomic E-state index is 13.8. The average molecular weight is 281 g/mol. The molecule has 1 N–H and O–H groups in total. The van der Waals surface area contributed by atoms with Crippen LogP contribution in [0.3, 0.4) is 0 Å². The van der Waals surface area contributed by atoms with Gasteiger partial charge in [-0.25, -0.2) is 8.78 Å². The van der Waals surface area contributed by atoms with Crippen molar-refractivity contribution in [1.82, 2.24) is 5.32 Å². The second-order valence-corrected chi connectivity index (χ2v) is 6.48. The summed E-state index contributed by atoms with van der Waals surface area (Å²) in [6, 6.07) is 4.26. The molecule has 3 atom stereocenters. The van der Waals surface area contributed by atoms with Gasteiger partial charge in [-0.1, -0.05) is 19.9 Å². The Bertz CT molecular complexity index is 416. The minimum Gasteiger partial charge on any atom is -0.316 e. The third-order valence-electron chi connectivity index (χ3n) is 4.64. The largest absolute Gasteiger partial charge is 0.316 e. The number of halogens is 2. The predicted octanol–water partition coefficient (Wildman–Crippen LogP) is 4.17. The van der Waals surface area contributed by atoms with Gasteiger partial charge in [-0.3, -0.25) is 0 Å². The fraction of sp³-hybridized carbons (Fsp3) is 0.647. The molecule has 2 rings (SSSR count). The maximum Gasteiger partial charge on any atom is 0.129 e. The van der Waals surface area contributed by atoms with Crippen LogP contribution in [0.15, 0.2) is 18.2 Å². The predicted molar refractivity (Wildman–Crippen MR) is 78.6 cm³/mol. The topological polar surface area (TPSA) is 12.0 Å². The van der Waals surface area contributed by atoms with E-state index >= 15 is 0 Å². The van der Waals surface area contributed by atoms with Crippen LogP contribution in [-0.4, -0.2) is 13.1 Å². The average Bonchev–Trinajstić information content (AvgIpc) is 2.37. The Morgan fingerprint density at radius 3 is 2.15 bits per heavy atom. The van der Waals surface area contributed by atoms with Crippen LogP contribution in [0.25, 0.3) is 0 Å². The summed E-state index contributed by atoms with van der Waals surface area (Å²) in [4.78, 5) is 0. The molecule has 1 saturated carbocycles. The number of benzene rings is 1. The van der Waals surface area contributed by atoms with E-state index < -0.39 is 11.6 Å². The zero-order valence-corrected chi connectivity index (χ0v) is 12.6. The van der Waals surface area contributed by atoms with Crippen molar-refractivity contribution in [3.05, 3.63) is 35.4 Å². The molecule has 0 spiro atoms. The van der Waals surface area contributed by atoms with E-state index in [1.165, 1.54) is 24.6 Å². The summed E-state index contributed by atoms with van der Waals surface area (Å²) in [5.74, 6) is 1.04. The van der Waals surface area contributed by atoms with Crippen LogP contribution in [-0.2, 0) is 6.42 Å². The van der Waals surface area contributed by atoms with Gasteiger partial charge < -0.3 is 5.32 Å². The first-order valence-electron chi connectivity index (χ1n) is 7.61. The number of hydrogen-bond donors (Lipinski definition) is 1. The maximum absolute atomic E-state index is 13.8. The molecule has 0 radical (unpaired) electrons. The normalized spacial score (nSPS) is 28.4. The zero-order valence-electron chi connectivity index (χ0n) is 12.6. The van der Waals surface area contributed by atoms with Crippen LogP contribution in [0.4, 0.5) is 8.78 Å². The minimum absolute atomic E-state index is 0.145. The molecule has 0 aromatic heterocycles. The highest BCUT2D eigenvalue weighted by Crippen LogP contribution is 2.35. The van der Waals surface area contributed by atoms with Crippen LogP contribution in [0.2, 0.25) is 0 Å². The Kier molecular flexibility index (Phi) is 5.14. The Balaban J connectivity index is 2.12. The van der Waals surface area contributed by atoms with Gasteiger partial charge in [-0.05, 0) is 62.6 Å². The van der Waals surface area contributed by atoms with Crippen molar-refractivity contribution < 1.29 is 8.78 Å². The van der Waals surface area contributed by atoms with E-state index in [1.807, 2.05) is 7.05 Å². The second-order valence-electron chi connectivity index (χ2n) is 6.48. The summed E-state index contributed by atoms with van der Waals surface area (Å²) in [5, 5.41) is 3.28. The lowest BCUT2D eigenvalue weighted by molar-refractivity contribution is 0.178. The monoisotopic (exact) mass is 281 g/mol. The molecule has 1 aromatic carbocycles. The van der Waals surface area contributed by atoms with Crippen molar-refractivity contribution >= 4 is 0 Å². The molecule has 0 aliphatic heterocycles. The molecular formula is C17H25F2N. The molecule has 1 aliphatic rings. The lowest BCUT2D eigenvalue weighted by Crippen LogP contribution is -2.39. The van der Waals surface area contributed by atoms with E-state index in [9.17, 15) is 8.78 Å². The van der Waals surface area contributed by atoms with Crippen LogP contribution in [0.5, 0.6) is 0 Å². The molecular weight excluding hydrogens is 256 g/mol. The van der Waals surface area contributed by atoms with Gasteiger partial charge in [0.15, 0.2) is 0 Å². The van der Waals surface area contributed by atoms with Crippen LogP contribution < -0.4 is 5.32 Å². The Morgan fingerprint density at radius 1 is 1.10 bits per heavy atom. The van der Waals surface area contributed by atoms with E-state index in [0.717, 1.165) is 12.8 Å². The summed E-state index contributed by atoms with van der Waals surface area (Å²) in [6.45, 7) is 4.55. The molecule has 1 aromatic rings. The quantitative estimate of drug-likeness (QED) is 0.873. The van der Waals surface area contributed by atoms with E-state index in [1.54, 1.807) is 0 Å². The van der Waals surface area contributed by atoms with Crippen LogP contribution >= 0.6 is 0 Å². The zero-order chi connectivity index (χ0) is 14.7. The highest BCUT2D eigenvalue weighted by Gasteiger charge is 2.30. The molecule has 3 unspecified atom stereocenters. The lowest BCUT2D eigenvalue weighted by atomic mass is 9.72. The SMILES string of the molecule is CNC(Cc1c(F)cccc1F)C1CC(C)CC(C)C1. The Hall–Kier alpha value is -0.960. The Morgan fingerprint density at radius 2 is 1.65 bits per heavy atom. The number of likely N-dealkylation sites (N-methyl/N-ethyl adjacent to an activating group) is 1. The first-order valence-corrected chi connectivity index (χ1v) is 7.61. The van der Waals surface area contributed by atoms with Gasteiger partial charge in [0, 0.05) is 11.6 Å². The molecule has 0 bridgehead atoms. The van der Waals surface area contributed by atoms with Gasteiger partial charge in [0.2, 0.25) is 0 Å². The van der Waals surface area contributed by atoms with Gasteiger partial charge in [-0.15, -0.1) is 0 Å². The van der Waals surface area contributed by atoms with Crippen LogP contribution in [0.1, 0.15) is 38.7 Å². The first kappa shape index (κ1) is 15.4. The molecule has 0 heterocycles. The third kappa shape index (κ3) is 3.57. The van der Waals surface area contributed by atoms with Gasteiger partial charge in [0.25, 0.3) is 0 Å². The smallest absolute Gasteiger partial charge is 0.129 e. The van der Waals surface area contributed by atoms with Crippen molar-refractivity contribution in [3.63, 3.8) is 0 Å². The highest BCUT2D eigenvalue weighted by atomic mass is 19.1. The molecule has 20 heavy (non-hydrogen) atoms. The molecule has 0 saturated heterocycles. The number of hydrogen-bond acceptors (Lipinski definition) is 1. The van der Waals surface area contributed by atoms with Gasteiger partial charge in [-0.2, -0.15) is 0 Å². The summed E-state index contributed by atoms with van der Waals surface area (Å²) in [5.41, 5.74) is 0.220. The van der Waals surface area contributed by atoms with Crippen molar-refractivity contribution in [2.24, 2.45) is 17.8 Å². The Labute approximate surface area is 120 Å². The van der Waals surface area contributed by atoms with E-state index in [0.29, 0.717) is 24.2 Å². The molecule has 1 aliphatic carbocycles. The standard InChI is InChI=1S/C17H25F2N/c1-11-7-12(2)9-13(8-11)17(20-3)10-14-15(18)5-4-6-16(14)19/h4-6,11-13,17,20H,7-10H2,1-3H3. The van der Waals surface area contributed by atoms with Crippen molar-refractivity contribution in [3.8, 4) is 0 Å². The first-order chi connectivity index (χ1) is 9.51. The molecule has 3 heteroatoms. The lowest BCUT2D eigenvalue weighted by Gasteiger charge is -2.36. The van der Waals surface area contributed by atoms with Gasteiger partial charge in [0.05, 0.1) is 0 Å². The number of rotatable bonds is 4. The highest BCUT2D eigenvalue weighted by molar-refractivity contribution is 5.21. The fourth-order valence-electron chi connectivity index (χ4n) is 3.79. The van der Waals surface area contributed by atoms with Crippen molar-refractivity contribution in [2.45, 2.75) is 45.6 Å². The molecule has 112 valence electrons. The summed E-state index contributed by atoms with van der Waals surface area (Å²) in [6.07, 6.45) is 3.98. The van der Waals surface area contributed by atoms with E-state index in [2.05, 4.69) is 19.2 Å². The summed E-state index contributed by atoms with van der Waals surface area (Å²) in [7, 11) is 1.90. The van der Waals surface area contributed by atoms with Gasteiger partial charge >= 0.3 is 0 Å². The van der Waals surface area contributed by atoms with Crippen molar-refractivity contribution in [2.75, 3.05) is 7.05 Å². The molecule has 1 fully saturated rings. The fourth-order valence-corrected chi connectivity index (χ4v) is 3.79. The van der Waals surface area contributed by atoms with Crippen LogP contribution in [0, 0.1) is 29.4 Å². The number of nitrogens with one attached hydrogen (secondary N) is 1. The van der Waals surface area contributed by atoms with E-state index in [4.69, 9.17) is 0 Å². The van der Waals surface area contributed by atoms with E-state index in [-0.39, 0.29) is 11.6 Å². The third-order valence-corrected chi connectivity index (χ3v) is 4.64. The molecule has 0 amide bonds. The molecule has 1 nitrogen and oxygen atoms in total. The van der Waals surface area contributed by atoms with Crippen molar-refractivity contribution in [1.29, 1.82) is 0 Å².